The van der Waals surface area contributed by atoms with Gasteiger partial charge in [-0.25, -0.2) is 0 Å². The van der Waals surface area contributed by atoms with E-state index in [1.54, 1.807) is 0 Å². The van der Waals surface area contributed by atoms with Crippen molar-refractivity contribution in [2.24, 2.45) is 5.92 Å². The lowest BCUT2D eigenvalue weighted by atomic mass is 9.84. The average molecular weight is 270 g/mol. The van der Waals surface area contributed by atoms with Crippen molar-refractivity contribution < 1.29 is 0 Å². The average Bonchev–Trinajstić information content (AvgIpc) is 3.03. The maximum Gasteiger partial charge on any atom is 0.204 e. The number of benzene rings is 1. The molecule has 3 aliphatic heterocycles. The largest absolute Gasteiger partial charge is 0.381 e. The molecule has 1 aromatic carbocycles. The summed E-state index contributed by atoms with van der Waals surface area (Å²) in [7, 11) is 0. The molecular formula is C14H18N6. The van der Waals surface area contributed by atoms with Crippen LogP contribution in [-0.4, -0.2) is 51.2 Å². The second-order valence-corrected chi connectivity index (χ2v) is 5.71. The highest BCUT2D eigenvalue weighted by molar-refractivity contribution is 5.62. The standard InChI is InChI=1S/C14H18N6/c1-2-11(14-16-18-19-17-14)8-12(3-1)15-13-9-20-6-4-10(13)5-7-20/h1-3,8,10,13,15H,4-7,9H2,(H,16,17,18,19). The van der Waals surface area contributed by atoms with E-state index < -0.39 is 0 Å². The maximum atomic E-state index is 4.03. The minimum atomic E-state index is 0.568. The van der Waals surface area contributed by atoms with Gasteiger partial charge in [-0.15, -0.1) is 10.2 Å². The topological polar surface area (TPSA) is 69.7 Å². The van der Waals surface area contributed by atoms with Crippen LogP contribution in [0.15, 0.2) is 24.3 Å². The van der Waals surface area contributed by atoms with Crippen molar-refractivity contribution >= 4 is 5.69 Å². The van der Waals surface area contributed by atoms with Crippen molar-refractivity contribution in [1.82, 2.24) is 25.5 Å². The van der Waals surface area contributed by atoms with E-state index in [0.29, 0.717) is 11.9 Å². The van der Waals surface area contributed by atoms with E-state index in [1.807, 2.05) is 12.1 Å². The Hall–Kier alpha value is -1.95. The Labute approximate surface area is 117 Å². The molecule has 104 valence electrons. The monoisotopic (exact) mass is 270 g/mol. The highest BCUT2D eigenvalue weighted by Gasteiger charge is 2.33. The van der Waals surface area contributed by atoms with Crippen LogP contribution >= 0.6 is 0 Å². The number of anilines is 1. The molecule has 4 heterocycles. The number of rotatable bonds is 3. The number of nitrogens with one attached hydrogen (secondary N) is 2. The Morgan fingerprint density at radius 2 is 2.15 bits per heavy atom. The van der Waals surface area contributed by atoms with Crippen molar-refractivity contribution in [2.45, 2.75) is 18.9 Å². The van der Waals surface area contributed by atoms with Gasteiger partial charge in [0.05, 0.1) is 0 Å². The molecule has 1 aromatic heterocycles. The van der Waals surface area contributed by atoms with Gasteiger partial charge in [-0.05, 0) is 49.2 Å². The first-order valence-electron chi connectivity index (χ1n) is 7.21. The van der Waals surface area contributed by atoms with Crippen LogP contribution in [0.3, 0.4) is 0 Å². The highest BCUT2D eigenvalue weighted by Crippen LogP contribution is 2.30. The molecular weight excluding hydrogens is 252 g/mol. The second-order valence-electron chi connectivity index (χ2n) is 5.71. The lowest BCUT2D eigenvalue weighted by Crippen LogP contribution is -2.53. The summed E-state index contributed by atoms with van der Waals surface area (Å²) >= 11 is 0. The number of H-pyrrole nitrogens is 1. The van der Waals surface area contributed by atoms with E-state index in [0.717, 1.165) is 23.7 Å². The van der Waals surface area contributed by atoms with Crippen LogP contribution in [-0.2, 0) is 0 Å². The van der Waals surface area contributed by atoms with Crippen LogP contribution in [0.2, 0.25) is 0 Å². The zero-order chi connectivity index (χ0) is 13.4. The number of hydrogen-bond acceptors (Lipinski definition) is 5. The first-order valence-corrected chi connectivity index (χ1v) is 7.21. The van der Waals surface area contributed by atoms with Crippen LogP contribution < -0.4 is 5.32 Å². The molecule has 1 atom stereocenters. The van der Waals surface area contributed by atoms with Crippen LogP contribution in [0, 0.1) is 5.92 Å². The second kappa shape index (κ2) is 4.86. The van der Waals surface area contributed by atoms with Gasteiger partial charge in [-0.3, -0.25) is 0 Å². The summed E-state index contributed by atoms with van der Waals surface area (Å²) in [5.41, 5.74) is 2.14. The van der Waals surface area contributed by atoms with E-state index in [9.17, 15) is 0 Å². The SMILES string of the molecule is c1cc(NC2CN3CCC2CC3)cc(-c2nn[nH]n2)c1. The van der Waals surface area contributed by atoms with Gasteiger partial charge in [0, 0.05) is 23.8 Å². The summed E-state index contributed by atoms with van der Waals surface area (Å²) in [5, 5.41) is 17.9. The molecule has 6 nitrogen and oxygen atoms in total. The number of hydrogen-bond donors (Lipinski definition) is 2. The Balaban J connectivity index is 1.53. The van der Waals surface area contributed by atoms with Gasteiger partial charge < -0.3 is 10.2 Å². The van der Waals surface area contributed by atoms with Crippen molar-refractivity contribution in [3.63, 3.8) is 0 Å². The summed E-state index contributed by atoms with van der Waals surface area (Å²) in [4.78, 5) is 2.56. The zero-order valence-corrected chi connectivity index (χ0v) is 11.3. The van der Waals surface area contributed by atoms with Crippen molar-refractivity contribution in [1.29, 1.82) is 0 Å². The third kappa shape index (κ3) is 2.16. The predicted molar refractivity (Wildman–Crippen MR) is 76.2 cm³/mol. The molecule has 5 rings (SSSR count). The molecule has 2 bridgehead atoms. The molecule has 6 heteroatoms. The van der Waals surface area contributed by atoms with E-state index >= 15 is 0 Å². The summed E-state index contributed by atoms with van der Waals surface area (Å²) < 4.78 is 0. The number of tetrazole rings is 1. The van der Waals surface area contributed by atoms with Crippen molar-refractivity contribution in [2.75, 3.05) is 25.0 Å². The molecule has 3 aliphatic rings. The Morgan fingerprint density at radius 3 is 2.85 bits per heavy atom. The molecule has 2 N–H and O–H groups in total. The fourth-order valence-corrected chi connectivity index (χ4v) is 3.37. The third-order valence-electron chi connectivity index (χ3n) is 4.47. The van der Waals surface area contributed by atoms with E-state index in [2.05, 4.69) is 43.0 Å². The lowest BCUT2D eigenvalue weighted by Gasteiger charge is -2.45. The Morgan fingerprint density at radius 1 is 1.25 bits per heavy atom. The number of fused-ring (bicyclic) bond motifs is 3. The van der Waals surface area contributed by atoms with Crippen LogP contribution in [0.25, 0.3) is 11.4 Å². The molecule has 2 aromatic rings. The molecule has 20 heavy (non-hydrogen) atoms. The third-order valence-corrected chi connectivity index (χ3v) is 4.47. The van der Waals surface area contributed by atoms with Crippen molar-refractivity contribution in [3.8, 4) is 11.4 Å². The van der Waals surface area contributed by atoms with Crippen molar-refractivity contribution in [3.05, 3.63) is 24.3 Å². The number of aromatic nitrogens is 4. The van der Waals surface area contributed by atoms with Crippen LogP contribution in [0.1, 0.15) is 12.8 Å². The smallest absolute Gasteiger partial charge is 0.204 e. The summed E-state index contributed by atoms with van der Waals surface area (Å²) in [6.45, 7) is 3.70. The quantitative estimate of drug-likeness (QED) is 0.881. The summed E-state index contributed by atoms with van der Waals surface area (Å²) in [5.74, 6) is 1.45. The zero-order valence-electron chi connectivity index (χ0n) is 11.3. The molecule has 1 unspecified atom stereocenters. The first-order chi connectivity index (χ1) is 9.88. The molecule has 3 fully saturated rings. The van der Waals surface area contributed by atoms with Gasteiger partial charge in [-0.1, -0.05) is 12.1 Å². The van der Waals surface area contributed by atoms with E-state index in [-0.39, 0.29) is 0 Å². The lowest BCUT2D eigenvalue weighted by molar-refractivity contribution is 0.0975. The molecule has 0 radical (unpaired) electrons. The molecule has 0 spiro atoms. The van der Waals surface area contributed by atoms with Gasteiger partial charge in [0.1, 0.15) is 0 Å². The summed E-state index contributed by atoms with van der Waals surface area (Å²) in [6.07, 6.45) is 2.64. The highest BCUT2D eigenvalue weighted by atomic mass is 15.5. The van der Waals surface area contributed by atoms with E-state index in [1.165, 1.54) is 25.9 Å². The molecule has 3 saturated heterocycles. The van der Waals surface area contributed by atoms with Gasteiger partial charge in [0.15, 0.2) is 0 Å². The fraction of sp³-hybridized carbons (Fsp3) is 0.500. The van der Waals surface area contributed by atoms with Gasteiger partial charge in [0.2, 0.25) is 5.82 Å². The predicted octanol–water partition coefficient (Wildman–Crippen LogP) is 1.37. The molecule has 0 amide bonds. The fourth-order valence-electron chi connectivity index (χ4n) is 3.37. The minimum absolute atomic E-state index is 0.568. The minimum Gasteiger partial charge on any atom is -0.381 e. The van der Waals surface area contributed by atoms with E-state index in [4.69, 9.17) is 0 Å². The van der Waals surface area contributed by atoms with Crippen LogP contribution in [0.5, 0.6) is 0 Å². The Kier molecular flexibility index (Phi) is 2.88. The number of aromatic amines is 1. The van der Waals surface area contributed by atoms with Gasteiger partial charge in [-0.2, -0.15) is 5.21 Å². The Bertz CT molecular complexity index is 573. The molecule has 0 aliphatic carbocycles. The summed E-state index contributed by atoms with van der Waals surface area (Å²) in [6, 6.07) is 8.82. The first kappa shape index (κ1) is 11.8. The number of piperidine rings is 3. The molecule has 0 saturated carbocycles. The number of nitrogens with zero attached hydrogens (tertiary/aromatic N) is 4. The normalized spacial score (nSPS) is 28.5. The van der Waals surface area contributed by atoms with Gasteiger partial charge in [0.25, 0.3) is 0 Å². The van der Waals surface area contributed by atoms with Gasteiger partial charge >= 0.3 is 0 Å². The van der Waals surface area contributed by atoms with Crippen LogP contribution in [0.4, 0.5) is 5.69 Å². The maximum absolute atomic E-state index is 4.03.